The van der Waals surface area contributed by atoms with Crippen LogP contribution in [0.1, 0.15) is 77.6 Å². The van der Waals surface area contributed by atoms with E-state index in [1.807, 2.05) is 0 Å². The van der Waals surface area contributed by atoms with Crippen LogP contribution in [0.5, 0.6) is 0 Å². The van der Waals surface area contributed by atoms with Gasteiger partial charge in [0.05, 0.1) is 0 Å². The fourth-order valence-corrected chi connectivity index (χ4v) is 1.87. The third kappa shape index (κ3) is 33.8. The Morgan fingerprint density at radius 3 is 1.33 bits per heavy atom. The van der Waals surface area contributed by atoms with Gasteiger partial charge in [-0.2, -0.15) is 0 Å². The van der Waals surface area contributed by atoms with Gasteiger partial charge in [-0.3, -0.25) is 9.59 Å². The summed E-state index contributed by atoms with van der Waals surface area (Å²) in [5, 5.41) is 16.8. The molecule has 0 unspecified atom stereocenters. The van der Waals surface area contributed by atoms with E-state index in [1.165, 1.54) is 69.3 Å². The third-order valence-electron chi connectivity index (χ3n) is 3.01. The predicted molar refractivity (Wildman–Crippen MR) is 89.4 cm³/mol. The predicted octanol–water partition coefficient (Wildman–Crippen LogP) is 3.39. The molecule has 0 bridgehead atoms. The van der Waals surface area contributed by atoms with Crippen molar-refractivity contribution < 1.29 is 19.8 Å². The molecule has 2 N–H and O–H groups in total. The first-order chi connectivity index (χ1) is 9.54. The molecular weight excluding hydrogens is 290 g/mol. The van der Waals surface area contributed by atoms with Gasteiger partial charge in [-0.15, -0.1) is 0 Å². The molecule has 0 saturated heterocycles. The molecule has 4 nitrogen and oxygen atoms in total. The molecular formula is C15H30KLiO4. The van der Waals surface area contributed by atoms with E-state index in [9.17, 15) is 9.59 Å². The molecule has 0 aromatic carbocycles. The zero-order valence-electron chi connectivity index (χ0n) is 13.2. The number of carboxylic acids is 2. The molecule has 0 atom stereocenters. The Morgan fingerprint density at radius 2 is 1.10 bits per heavy atom. The summed E-state index contributed by atoms with van der Waals surface area (Å²) in [6, 6.07) is 0. The van der Waals surface area contributed by atoms with Gasteiger partial charge in [0.15, 0.2) is 0 Å². The summed E-state index contributed by atoms with van der Waals surface area (Å²) in [4.78, 5) is 18.9. The molecule has 0 fully saturated rings. The Hall–Kier alpha value is 1.17. The zero-order chi connectivity index (χ0) is 15.6. The van der Waals surface area contributed by atoms with Crippen molar-refractivity contribution in [2.75, 3.05) is 0 Å². The topological polar surface area (TPSA) is 74.6 Å². The molecule has 116 valence electrons. The van der Waals surface area contributed by atoms with Crippen LogP contribution in [0.25, 0.3) is 0 Å². The van der Waals surface area contributed by atoms with E-state index in [0.717, 1.165) is 0 Å². The van der Waals surface area contributed by atoms with Crippen molar-refractivity contribution in [2.45, 2.75) is 82.6 Å². The minimum absolute atomic E-state index is 0. The summed E-state index contributed by atoms with van der Waals surface area (Å²) < 4.78 is 0. The molecule has 21 heavy (non-hydrogen) atoms. The van der Waals surface area contributed by atoms with Gasteiger partial charge in [0.1, 0.15) is 6.42 Å². The number of rotatable bonds is 12. The quantitative estimate of drug-likeness (QED) is 0.328. The molecule has 0 aliphatic carbocycles. The van der Waals surface area contributed by atoms with Gasteiger partial charge >= 0.3 is 157 Å². The zero-order valence-corrected chi connectivity index (χ0v) is 13.2. The first kappa shape index (κ1) is 27.0. The van der Waals surface area contributed by atoms with Crippen LogP contribution in [-0.2, 0) is 9.59 Å². The second-order valence-corrected chi connectivity index (χ2v) is 5.15. The van der Waals surface area contributed by atoms with Crippen LogP contribution in [0.15, 0.2) is 0 Å². The standard InChI is InChI=1S/C12H25.C3H4O4.K.Li.H/c1-3-5-7-9-11-12-10-8-6-4-2;4-2(5)1-3(6)7;;;/h1,3-12H2,2H3;1H2,(H,4,5)(H,6,7);;;. The molecule has 0 saturated carbocycles. The summed E-state index contributed by atoms with van der Waals surface area (Å²) in [7, 11) is 0. The number of unbranched alkanes of at least 4 members (excludes halogenated alkanes) is 9. The van der Waals surface area contributed by atoms with E-state index >= 15 is 0 Å². The summed E-state index contributed by atoms with van der Waals surface area (Å²) in [5.41, 5.74) is 0. The van der Waals surface area contributed by atoms with Crippen LogP contribution in [0.2, 0.25) is 5.09 Å². The van der Waals surface area contributed by atoms with Crippen LogP contribution in [0, 0.1) is 0 Å². The van der Waals surface area contributed by atoms with Crippen molar-refractivity contribution in [2.24, 2.45) is 0 Å². The number of carboxylic acid groups (broad SMARTS) is 2. The van der Waals surface area contributed by atoms with Gasteiger partial charge in [0, 0.05) is 0 Å². The average Bonchev–Trinajstić information content (AvgIpc) is 2.36. The van der Waals surface area contributed by atoms with E-state index in [4.69, 9.17) is 10.2 Å². The molecule has 0 aromatic rings. The molecule has 0 aliphatic heterocycles. The fourth-order valence-electron chi connectivity index (χ4n) is 1.87. The number of hydrogen-bond acceptors (Lipinski definition) is 2. The SMILES string of the molecule is O=C(O)CC(=O)O.[KH].[Li][CH2]CCCCCCCCCCC. The second-order valence-electron chi connectivity index (χ2n) is 5.15. The summed E-state index contributed by atoms with van der Waals surface area (Å²) in [6.07, 6.45) is 13.8. The average molecular weight is 320 g/mol. The molecule has 0 spiro atoms. The Labute approximate surface area is 181 Å². The summed E-state index contributed by atoms with van der Waals surface area (Å²) in [6.45, 7) is 2.28. The van der Waals surface area contributed by atoms with E-state index in [2.05, 4.69) is 24.6 Å². The Kier molecular flexibility index (Phi) is 30.2. The van der Waals surface area contributed by atoms with Crippen molar-refractivity contribution in [1.29, 1.82) is 0 Å². The van der Waals surface area contributed by atoms with Crippen molar-refractivity contribution >= 4 is 81.0 Å². The molecule has 0 aliphatic rings. The van der Waals surface area contributed by atoms with E-state index < -0.39 is 18.4 Å². The van der Waals surface area contributed by atoms with Gasteiger partial charge in [-0.1, -0.05) is 0 Å². The first-order valence-corrected chi connectivity index (χ1v) is 7.98. The van der Waals surface area contributed by atoms with E-state index in [0.29, 0.717) is 0 Å². The first-order valence-electron chi connectivity index (χ1n) is 7.98. The third-order valence-corrected chi connectivity index (χ3v) is 3.01. The molecule has 6 heteroatoms. The summed E-state index contributed by atoms with van der Waals surface area (Å²) >= 11 is 2.28. The molecule has 0 radical (unpaired) electrons. The van der Waals surface area contributed by atoms with Crippen LogP contribution in [0.3, 0.4) is 0 Å². The normalized spacial score (nSPS) is 9.29. The van der Waals surface area contributed by atoms with E-state index in [1.54, 1.807) is 0 Å². The maximum atomic E-state index is 9.43. The van der Waals surface area contributed by atoms with Gasteiger partial charge < -0.3 is 10.2 Å². The van der Waals surface area contributed by atoms with Gasteiger partial charge in [-0.25, -0.2) is 0 Å². The number of carbonyl (C=O) groups is 2. The molecule has 0 amide bonds. The number of aliphatic carboxylic acids is 2. The van der Waals surface area contributed by atoms with E-state index in [-0.39, 0.29) is 51.4 Å². The monoisotopic (exact) mass is 320 g/mol. The molecule has 0 rings (SSSR count). The van der Waals surface area contributed by atoms with Crippen LogP contribution in [0.4, 0.5) is 0 Å². The molecule has 0 aromatic heterocycles. The van der Waals surface area contributed by atoms with Gasteiger partial charge in [0.2, 0.25) is 0 Å². The Bertz CT molecular complexity index is 216. The summed E-state index contributed by atoms with van der Waals surface area (Å²) in [5.74, 6) is -2.62. The second kappa shape index (κ2) is 23.4. The van der Waals surface area contributed by atoms with Gasteiger partial charge in [-0.05, 0) is 0 Å². The molecule has 0 heterocycles. The van der Waals surface area contributed by atoms with Crippen LogP contribution >= 0.6 is 0 Å². The number of hydrogen-bond donors (Lipinski definition) is 2. The van der Waals surface area contributed by atoms with Crippen molar-refractivity contribution in [1.82, 2.24) is 0 Å². The Morgan fingerprint density at radius 1 is 0.762 bits per heavy atom. The van der Waals surface area contributed by atoms with Gasteiger partial charge in [0.25, 0.3) is 0 Å². The minimum atomic E-state index is -1.31. The van der Waals surface area contributed by atoms with Crippen LogP contribution in [-0.4, -0.2) is 91.3 Å². The van der Waals surface area contributed by atoms with Crippen molar-refractivity contribution in [3.63, 3.8) is 0 Å². The fraction of sp³-hybridized carbons (Fsp3) is 0.867. The van der Waals surface area contributed by atoms with Crippen LogP contribution < -0.4 is 0 Å². The van der Waals surface area contributed by atoms with Crippen molar-refractivity contribution in [3.8, 4) is 0 Å². The Balaban J connectivity index is -0.000000347. The maximum absolute atomic E-state index is 9.43. The van der Waals surface area contributed by atoms with Crippen molar-refractivity contribution in [3.05, 3.63) is 0 Å².